The number of carbonyl (C=O) groups excluding carboxylic acids is 3. The van der Waals surface area contributed by atoms with Crippen molar-refractivity contribution in [3.63, 3.8) is 0 Å². The molecule has 1 aliphatic heterocycles. The lowest BCUT2D eigenvalue weighted by atomic mass is 9.99. The number of rotatable bonds is 8. The number of ether oxygens (including phenoxy) is 1. The van der Waals surface area contributed by atoms with Gasteiger partial charge in [-0.3, -0.25) is 14.5 Å². The fourth-order valence-corrected chi connectivity index (χ4v) is 5.58. The minimum Gasteiger partial charge on any atom is -0.445 e. The average Bonchev–Trinajstić information content (AvgIpc) is 3.49. The molecular weight excluding hydrogens is 538 g/mol. The van der Waals surface area contributed by atoms with Gasteiger partial charge in [0.2, 0.25) is 5.91 Å². The van der Waals surface area contributed by atoms with Crippen LogP contribution in [-0.4, -0.2) is 60.4 Å². The third kappa shape index (κ3) is 6.48. The van der Waals surface area contributed by atoms with Gasteiger partial charge in [-0.1, -0.05) is 48.5 Å². The van der Waals surface area contributed by atoms with Crippen molar-refractivity contribution in [2.24, 2.45) is 5.73 Å². The van der Waals surface area contributed by atoms with Crippen LogP contribution >= 0.6 is 11.3 Å². The molecule has 40 heavy (non-hydrogen) atoms. The summed E-state index contributed by atoms with van der Waals surface area (Å²) >= 11 is 1.28. The summed E-state index contributed by atoms with van der Waals surface area (Å²) in [5.74, 6) is -4.10. The van der Waals surface area contributed by atoms with E-state index in [0.717, 1.165) is 12.5 Å². The predicted octanol–water partition coefficient (Wildman–Crippen LogP) is 4.68. The van der Waals surface area contributed by atoms with Gasteiger partial charge in [0.25, 0.3) is 11.8 Å². The Bertz CT molecular complexity index is 1320. The van der Waals surface area contributed by atoms with Gasteiger partial charge in [-0.15, -0.1) is 11.3 Å². The van der Waals surface area contributed by atoms with Crippen LogP contribution in [0.3, 0.4) is 0 Å². The molecule has 2 N–H and O–H groups in total. The van der Waals surface area contributed by atoms with E-state index in [4.69, 9.17) is 10.5 Å². The highest BCUT2D eigenvalue weighted by atomic mass is 32.1. The number of alkyl halides is 2. The molecule has 8 nitrogen and oxygen atoms in total. The molecule has 3 amide bonds. The summed E-state index contributed by atoms with van der Waals surface area (Å²) in [5.41, 5.74) is 6.78. The zero-order valence-corrected chi connectivity index (χ0v) is 23.2. The zero-order valence-electron chi connectivity index (χ0n) is 22.4. The van der Waals surface area contributed by atoms with Gasteiger partial charge >= 0.3 is 6.09 Å². The number of piperazine rings is 1. The number of nitrogens with zero attached hydrogens (tertiary/aromatic N) is 3. The van der Waals surface area contributed by atoms with Crippen LogP contribution in [-0.2, 0) is 26.9 Å². The van der Waals surface area contributed by atoms with Gasteiger partial charge in [0, 0.05) is 49.2 Å². The van der Waals surface area contributed by atoms with Crippen LogP contribution in [0.25, 0.3) is 0 Å². The van der Waals surface area contributed by atoms with Crippen LogP contribution in [0.2, 0.25) is 0 Å². The number of benzene rings is 2. The Kier molecular flexibility index (Phi) is 9.16. The quantitative estimate of drug-likeness (QED) is 0.424. The van der Waals surface area contributed by atoms with E-state index in [1.54, 1.807) is 28.5 Å². The van der Waals surface area contributed by atoms with Crippen molar-refractivity contribution in [3.05, 3.63) is 87.6 Å². The molecule has 1 unspecified atom stereocenters. The smallest absolute Gasteiger partial charge is 0.410 e. The normalized spacial score (nSPS) is 14.5. The Hall–Kier alpha value is -3.83. The number of halogens is 2. The van der Waals surface area contributed by atoms with E-state index in [2.05, 4.69) is 0 Å². The molecule has 0 spiro atoms. The van der Waals surface area contributed by atoms with Gasteiger partial charge in [-0.2, -0.15) is 0 Å². The minimum absolute atomic E-state index is 0.144. The van der Waals surface area contributed by atoms with Crippen LogP contribution in [0.4, 0.5) is 19.3 Å². The number of nitrogens with two attached hydrogens (primary N) is 1. The van der Waals surface area contributed by atoms with E-state index in [1.807, 2.05) is 30.3 Å². The number of carbonyl (C=O) groups is 3. The van der Waals surface area contributed by atoms with E-state index < -0.39 is 30.5 Å². The topological polar surface area (TPSA) is 96.2 Å². The molecule has 4 rings (SSSR count). The van der Waals surface area contributed by atoms with E-state index in [9.17, 15) is 23.2 Å². The first-order valence-corrected chi connectivity index (χ1v) is 13.8. The summed E-state index contributed by atoms with van der Waals surface area (Å²) in [6, 6.07) is 16.0. The van der Waals surface area contributed by atoms with Gasteiger partial charge in [-0.25, -0.2) is 13.6 Å². The lowest BCUT2D eigenvalue weighted by Crippen LogP contribution is -2.54. The molecular formula is C29H32F2N4O4S. The van der Waals surface area contributed by atoms with Crippen molar-refractivity contribution >= 4 is 34.9 Å². The predicted molar refractivity (Wildman–Crippen MR) is 149 cm³/mol. The molecule has 2 heterocycles. The largest absolute Gasteiger partial charge is 0.445 e. The molecule has 0 radical (unpaired) electrons. The molecule has 3 aromatic rings. The van der Waals surface area contributed by atoms with E-state index in [-0.39, 0.29) is 55.5 Å². The third-order valence-electron chi connectivity index (χ3n) is 6.84. The Morgan fingerprint density at radius 2 is 1.68 bits per heavy atom. The first kappa shape index (κ1) is 29.2. The number of anilines is 1. The zero-order chi connectivity index (χ0) is 28.9. The lowest BCUT2D eigenvalue weighted by Gasteiger charge is -2.39. The number of thiophene rings is 1. The van der Waals surface area contributed by atoms with Crippen LogP contribution in [0, 0.1) is 6.92 Å². The second-order valence-corrected chi connectivity index (χ2v) is 10.6. The second-order valence-electron chi connectivity index (χ2n) is 9.58. The maximum Gasteiger partial charge on any atom is 0.410 e. The molecule has 212 valence electrons. The third-order valence-corrected chi connectivity index (χ3v) is 7.77. The van der Waals surface area contributed by atoms with Crippen molar-refractivity contribution in [1.82, 2.24) is 9.80 Å². The lowest BCUT2D eigenvalue weighted by molar-refractivity contribution is -0.136. The van der Waals surface area contributed by atoms with Crippen LogP contribution in [0.5, 0.6) is 0 Å². The Morgan fingerprint density at radius 1 is 1.00 bits per heavy atom. The van der Waals surface area contributed by atoms with E-state index >= 15 is 0 Å². The molecule has 1 aromatic heterocycles. The summed E-state index contributed by atoms with van der Waals surface area (Å²) in [6.07, 6.45) is -0.473. The highest BCUT2D eigenvalue weighted by Gasteiger charge is 2.39. The summed E-state index contributed by atoms with van der Waals surface area (Å²) in [7, 11) is 0. The molecule has 2 aromatic carbocycles. The van der Waals surface area contributed by atoms with E-state index in [0.29, 0.717) is 4.88 Å². The van der Waals surface area contributed by atoms with Gasteiger partial charge < -0.3 is 20.3 Å². The highest BCUT2D eigenvalue weighted by molar-refractivity contribution is 7.10. The van der Waals surface area contributed by atoms with Crippen LogP contribution < -0.4 is 10.6 Å². The fourth-order valence-electron chi connectivity index (χ4n) is 4.77. The molecule has 1 fully saturated rings. The molecule has 1 atom stereocenters. The Morgan fingerprint density at radius 3 is 2.27 bits per heavy atom. The van der Waals surface area contributed by atoms with Crippen molar-refractivity contribution in [2.45, 2.75) is 32.4 Å². The summed E-state index contributed by atoms with van der Waals surface area (Å²) in [4.78, 5) is 44.8. The average molecular weight is 571 g/mol. The summed E-state index contributed by atoms with van der Waals surface area (Å²) in [6.45, 7) is 2.97. The highest BCUT2D eigenvalue weighted by Crippen LogP contribution is 2.38. The Labute approximate surface area is 235 Å². The minimum atomic E-state index is -3.15. The maximum absolute atomic E-state index is 14.4. The fraction of sp³-hybridized carbons (Fsp3) is 0.345. The van der Waals surface area contributed by atoms with Gasteiger partial charge in [-0.05, 0) is 35.6 Å². The SMILES string of the molecule is Cc1c(N(C(=O)CN)C(C(=O)N2CCN(C(=O)OCc3ccccc3)CC2)c2cccs2)cccc1C(C)(F)F. The standard InChI is InChI=1S/C29H32F2N4O4S/c1-20-22(29(2,30)31)10-6-11-23(20)35(25(36)18-32)26(24-12-7-17-40-24)27(37)33-13-15-34(16-14-33)28(38)39-19-21-8-4-3-5-9-21/h3-12,17,26H,13-16,18-19,32H2,1-2H3. The monoisotopic (exact) mass is 570 g/mol. The van der Waals surface area contributed by atoms with Crippen LogP contribution in [0.1, 0.15) is 34.5 Å². The summed E-state index contributed by atoms with van der Waals surface area (Å²) < 4.78 is 34.2. The number of amides is 3. The number of hydrogen-bond donors (Lipinski definition) is 1. The van der Waals surface area contributed by atoms with Crippen molar-refractivity contribution in [2.75, 3.05) is 37.6 Å². The van der Waals surface area contributed by atoms with Crippen molar-refractivity contribution < 1.29 is 27.9 Å². The van der Waals surface area contributed by atoms with Crippen LogP contribution in [0.15, 0.2) is 66.0 Å². The van der Waals surface area contributed by atoms with E-state index in [1.165, 1.54) is 40.2 Å². The Balaban J connectivity index is 1.56. The molecule has 1 saturated heterocycles. The molecule has 0 bridgehead atoms. The summed E-state index contributed by atoms with van der Waals surface area (Å²) in [5, 5.41) is 1.78. The van der Waals surface area contributed by atoms with Gasteiger partial charge in [0.15, 0.2) is 0 Å². The first-order chi connectivity index (χ1) is 19.1. The van der Waals surface area contributed by atoms with Crippen molar-refractivity contribution in [3.8, 4) is 0 Å². The molecule has 0 saturated carbocycles. The maximum atomic E-state index is 14.4. The molecule has 1 aliphatic rings. The van der Waals surface area contributed by atoms with Gasteiger partial charge in [0.05, 0.1) is 6.54 Å². The molecule has 0 aliphatic carbocycles. The molecule has 11 heteroatoms. The van der Waals surface area contributed by atoms with Crippen molar-refractivity contribution in [1.29, 1.82) is 0 Å². The second kappa shape index (κ2) is 12.6. The first-order valence-electron chi connectivity index (χ1n) is 12.9. The van der Waals surface area contributed by atoms with Gasteiger partial charge in [0.1, 0.15) is 12.6 Å². The number of hydrogen-bond acceptors (Lipinski definition) is 6.